The van der Waals surface area contributed by atoms with Gasteiger partial charge in [-0.2, -0.15) is 0 Å². The van der Waals surface area contributed by atoms with Crippen LogP contribution in [0.4, 0.5) is 0 Å². The molecule has 0 saturated heterocycles. The van der Waals surface area contributed by atoms with Crippen molar-refractivity contribution in [2.45, 2.75) is 51.0 Å². The predicted molar refractivity (Wildman–Crippen MR) is 54.8 cm³/mol. The van der Waals surface area contributed by atoms with E-state index in [1.54, 1.807) is 0 Å². The molecule has 0 radical (unpaired) electrons. The molecule has 0 aromatic rings. The maximum absolute atomic E-state index is 3.39. The number of hydrogen-bond donors (Lipinski definition) is 1. The number of hydrogen-bond acceptors (Lipinski definition) is 1. The van der Waals surface area contributed by atoms with Gasteiger partial charge >= 0.3 is 0 Å². The Morgan fingerprint density at radius 3 is 2.00 bits per heavy atom. The molecule has 0 heterocycles. The maximum atomic E-state index is 3.39. The predicted octanol–water partition coefficient (Wildman–Crippen LogP) is 2.74. The molecule has 0 bridgehead atoms. The summed E-state index contributed by atoms with van der Waals surface area (Å²) in [6.45, 7) is 0. The van der Waals surface area contributed by atoms with Crippen LogP contribution in [-0.2, 0) is 0 Å². The number of halogens is 1. The lowest BCUT2D eigenvalue weighted by Crippen LogP contribution is -2.39. The van der Waals surface area contributed by atoms with Gasteiger partial charge in [-0.15, -0.1) is 12.4 Å². The highest BCUT2D eigenvalue weighted by atomic mass is 35.5. The second kappa shape index (κ2) is 3.97. The van der Waals surface area contributed by atoms with Crippen LogP contribution in [-0.4, -0.2) is 13.1 Å². The van der Waals surface area contributed by atoms with Gasteiger partial charge in [-0.3, -0.25) is 0 Å². The van der Waals surface area contributed by atoms with E-state index in [4.69, 9.17) is 0 Å². The van der Waals surface area contributed by atoms with E-state index in [2.05, 4.69) is 12.4 Å². The van der Waals surface area contributed by atoms with Crippen molar-refractivity contribution in [1.82, 2.24) is 5.32 Å². The lowest BCUT2D eigenvalue weighted by molar-refractivity contribution is 0.0655. The average molecular weight is 190 g/mol. The van der Waals surface area contributed by atoms with E-state index in [1.807, 2.05) is 0 Å². The quantitative estimate of drug-likeness (QED) is 0.669. The number of rotatable bonds is 1. The fourth-order valence-corrected chi connectivity index (χ4v) is 2.70. The van der Waals surface area contributed by atoms with Crippen LogP contribution < -0.4 is 5.32 Å². The van der Waals surface area contributed by atoms with Crippen LogP contribution in [0.2, 0.25) is 0 Å². The lowest BCUT2D eigenvalue weighted by atomic mass is 9.60. The Bertz CT molecular complexity index is 133. The molecular weight excluding hydrogens is 170 g/mol. The summed E-state index contributed by atoms with van der Waals surface area (Å²) < 4.78 is 0. The summed E-state index contributed by atoms with van der Waals surface area (Å²) in [7, 11) is 2.10. The van der Waals surface area contributed by atoms with Crippen LogP contribution in [0, 0.1) is 5.41 Å². The first kappa shape index (κ1) is 10.3. The summed E-state index contributed by atoms with van der Waals surface area (Å²) in [5.41, 5.74) is 0.841. The standard InChI is InChI=1S/C10H19N.ClH/c1-11-9-3-7-10(8-4-9)5-2-6-10;/h9,11H,2-8H2,1H3;1H. The van der Waals surface area contributed by atoms with Crippen molar-refractivity contribution in [3.05, 3.63) is 0 Å². The van der Waals surface area contributed by atoms with Crippen LogP contribution in [0.15, 0.2) is 0 Å². The molecular formula is C10H20ClN. The minimum absolute atomic E-state index is 0. The van der Waals surface area contributed by atoms with Gasteiger partial charge in [0.25, 0.3) is 0 Å². The summed E-state index contributed by atoms with van der Waals surface area (Å²) in [5, 5.41) is 3.39. The van der Waals surface area contributed by atoms with Gasteiger partial charge < -0.3 is 5.32 Å². The van der Waals surface area contributed by atoms with E-state index in [0.29, 0.717) is 0 Å². The number of nitrogens with one attached hydrogen (secondary N) is 1. The Kier molecular flexibility index (Phi) is 3.42. The first-order valence-corrected chi connectivity index (χ1v) is 5.02. The fourth-order valence-electron chi connectivity index (χ4n) is 2.70. The van der Waals surface area contributed by atoms with E-state index in [0.717, 1.165) is 11.5 Å². The summed E-state index contributed by atoms with van der Waals surface area (Å²) in [4.78, 5) is 0. The summed E-state index contributed by atoms with van der Waals surface area (Å²) in [6.07, 6.45) is 10.4. The van der Waals surface area contributed by atoms with Crippen LogP contribution >= 0.6 is 12.4 Å². The van der Waals surface area contributed by atoms with Crippen molar-refractivity contribution < 1.29 is 0 Å². The molecule has 0 aromatic carbocycles. The van der Waals surface area contributed by atoms with E-state index < -0.39 is 0 Å². The lowest BCUT2D eigenvalue weighted by Gasteiger charge is -2.47. The van der Waals surface area contributed by atoms with Crippen molar-refractivity contribution in [3.8, 4) is 0 Å². The van der Waals surface area contributed by atoms with Gasteiger partial charge in [0.05, 0.1) is 0 Å². The Morgan fingerprint density at radius 2 is 1.67 bits per heavy atom. The van der Waals surface area contributed by atoms with Crippen molar-refractivity contribution in [2.24, 2.45) is 5.41 Å². The van der Waals surface area contributed by atoms with Crippen LogP contribution in [0.1, 0.15) is 44.9 Å². The van der Waals surface area contributed by atoms with Gasteiger partial charge in [-0.05, 0) is 51.0 Å². The molecule has 0 aromatic heterocycles. The van der Waals surface area contributed by atoms with E-state index in [1.165, 1.54) is 44.9 Å². The first-order valence-electron chi connectivity index (χ1n) is 5.02. The highest BCUT2D eigenvalue weighted by Crippen LogP contribution is 2.51. The minimum atomic E-state index is 0. The molecule has 0 amide bonds. The smallest absolute Gasteiger partial charge is 0.00644 e. The van der Waals surface area contributed by atoms with Gasteiger partial charge in [-0.25, -0.2) is 0 Å². The van der Waals surface area contributed by atoms with Crippen molar-refractivity contribution in [1.29, 1.82) is 0 Å². The van der Waals surface area contributed by atoms with E-state index in [-0.39, 0.29) is 12.4 Å². The largest absolute Gasteiger partial charge is 0.317 e. The monoisotopic (exact) mass is 189 g/mol. The Balaban J connectivity index is 0.000000720. The topological polar surface area (TPSA) is 12.0 Å². The Morgan fingerprint density at radius 1 is 1.08 bits per heavy atom. The molecule has 2 fully saturated rings. The van der Waals surface area contributed by atoms with Crippen molar-refractivity contribution >= 4 is 12.4 Å². The minimum Gasteiger partial charge on any atom is -0.317 e. The molecule has 12 heavy (non-hydrogen) atoms. The highest BCUT2D eigenvalue weighted by Gasteiger charge is 2.39. The van der Waals surface area contributed by atoms with Crippen molar-refractivity contribution in [3.63, 3.8) is 0 Å². The first-order chi connectivity index (χ1) is 5.35. The molecule has 2 aliphatic rings. The molecule has 0 atom stereocenters. The van der Waals surface area contributed by atoms with E-state index >= 15 is 0 Å². The van der Waals surface area contributed by atoms with Crippen molar-refractivity contribution in [2.75, 3.05) is 7.05 Å². The van der Waals surface area contributed by atoms with Crippen LogP contribution in [0.5, 0.6) is 0 Å². The molecule has 2 heteroatoms. The third-order valence-electron chi connectivity index (χ3n) is 3.87. The fraction of sp³-hybridized carbons (Fsp3) is 1.00. The maximum Gasteiger partial charge on any atom is 0.00644 e. The van der Waals surface area contributed by atoms with Crippen LogP contribution in [0.25, 0.3) is 0 Å². The molecule has 1 N–H and O–H groups in total. The molecule has 72 valence electrons. The second-order valence-corrected chi connectivity index (χ2v) is 4.42. The molecule has 0 unspecified atom stereocenters. The normalized spacial score (nSPS) is 27.8. The average Bonchev–Trinajstić information content (AvgIpc) is 2.02. The molecule has 2 aliphatic carbocycles. The molecule has 0 aliphatic heterocycles. The summed E-state index contributed by atoms with van der Waals surface area (Å²) >= 11 is 0. The van der Waals surface area contributed by atoms with Gasteiger partial charge in [0.2, 0.25) is 0 Å². The highest BCUT2D eigenvalue weighted by molar-refractivity contribution is 5.85. The van der Waals surface area contributed by atoms with Gasteiger partial charge in [0.15, 0.2) is 0 Å². The Labute approximate surface area is 81.7 Å². The summed E-state index contributed by atoms with van der Waals surface area (Å²) in [5.74, 6) is 0. The van der Waals surface area contributed by atoms with E-state index in [9.17, 15) is 0 Å². The van der Waals surface area contributed by atoms with Gasteiger partial charge in [0, 0.05) is 6.04 Å². The SMILES string of the molecule is CNC1CCC2(CCC2)CC1.Cl. The summed E-state index contributed by atoms with van der Waals surface area (Å²) in [6, 6.07) is 0.834. The van der Waals surface area contributed by atoms with Gasteiger partial charge in [0.1, 0.15) is 0 Å². The zero-order valence-corrected chi connectivity index (χ0v) is 8.75. The second-order valence-electron chi connectivity index (χ2n) is 4.42. The van der Waals surface area contributed by atoms with Gasteiger partial charge in [-0.1, -0.05) is 6.42 Å². The zero-order valence-electron chi connectivity index (χ0n) is 7.94. The molecule has 2 saturated carbocycles. The van der Waals surface area contributed by atoms with Crippen LogP contribution in [0.3, 0.4) is 0 Å². The molecule has 2 rings (SSSR count). The molecule has 1 spiro atoms. The molecule has 1 nitrogen and oxygen atoms in total. The Hall–Kier alpha value is 0.250. The third-order valence-corrected chi connectivity index (χ3v) is 3.87. The zero-order chi connectivity index (χ0) is 7.73. The third kappa shape index (κ3) is 1.77.